The monoisotopic (exact) mass is 263 g/mol. The Labute approximate surface area is 109 Å². The summed E-state index contributed by atoms with van der Waals surface area (Å²) in [4.78, 5) is 15.6. The van der Waals surface area contributed by atoms with Crippen LogP contribution < -0.4 is 20.1 Å². The van der Waals surface area contributed by atoms with Crippen LogP contribution in [0.2, 0.25) is 0 Å². The Kier molecular flexibility index (Phi) is 3.81. The first-order valence-electron chi connectivity index (χ1n) is 5.40. The Morgan fingerprint density at radius 3 is 2.68 bits per heavy atom. The Morgan fingerprint density at radius 2 is 2.00 bits per heavy atom. The first-order chi connectivity index (χ1) is 9.22. The average Bonchev–Trinajstić information content (AvgIpc) is 2.87. The number of hydrogen-bond acceptors (Lipinski definition) is 5. The smallest absolute Gasteiger partial charge is 0.336 e. The summed E-state index contributed by atoms with van der Waals surface area (Å²) in [7, 11) is 2.96. The fourth-order valence-corrected chi connectivity index (χ4v) is 1.40. The second kappa shape index (κ2) is 5.71. The second-order valence-electron chi connectivity index (χ2n) is 3.45. The van der Waals surface area contributed by atoms with Crippen LogP contribution in [0.3, 0.4) is 0 Å². The lowest BCUT2D eigenvalue weighted by molar-refractivity contribution is 0.262. The molecule has 0 aliphatic rings. The Balaban J connectivity index is 2.01. The summed E-state index contributed by atoms with van der Waals surface area (Å²) in [5.74, 6) is 0.747. The number of carbonyl (C=O) groups excluding carboxylic acids is 1. The van der Waals surface area contributed by atoms with Crippen molar-refractivity contribution < 1.29 is 14.3 Å². The van der Waals surface area contributed by atoms with Crippen LogP contribution in [0.25, 0.3) is 0 Å². The van der Waals surface area contributed by atoms with E-state index in [2.05, 4.69) is 25.8 Å². The maximum Gasteiger partial charge on any atom is 0.336 e. The van der Waals surface area contributed by atoms with Crippen molar-refractivity contribution in [2.45, 2.75) is 0 Å². The Hall–Kier alpha value is -2.77. The van der Waals surface area contributed by atoms with Crippen LogP contribution in [0.15, 0.2) is 24.3 Å². The van der Waals surface area contributed by atoms with Crippen LogP contribution in [0.1, 0.15) is 0 Å². The number of methoxy groups -OCH3 is 2. The van der Waals surface area contributed by atoms with Gasteiger partial charge in [0.2, 0.25) is 5.95 Å². The van der Waals surface area contributed by atoms with E-state index in [-0.39, 0.29) is 12.0 Å². The molecule has 19 heavy (non-hydrogen) atoms. The van der Waals surface area contributed by atoms with E-state index < -0.39 is 6.03 Å². The largest absolute Gasteiger partial charge is 0.495 e. The maximum absolute atomic E-state index is 11.7. The fourth-order valence-electron chi connectivity index (χ4n) is 1.40. The van der Waals surface area contributed by atoms with Crippen molar-refractivity contribution in [2.75, 3.05) is 24.9 Å². The zero-order valence-electron chi connectivity index (χ0n) is 10.4. The van der Waals surface area contributed by atoms with Gasteiger partial charge in [0.15, 0.2) is 0 Å². The highest BCUT2D eigenvalue weighted by Crippen LogP contribution is 2.22. The molecule has 2 aromatic rings. The average molecular weight is 263 g/mol. The third-order valence-electron chi connectivity index (χ3n) is 2.23. The molecule has 0 atom stereocenters. The molecular weight excluding hydrogens is 250 g/mol. The van der Waals surface area contributed by atoms with Crippen molar-refractivity contribution in [1.29, 1.82) is 0 Å². The zero-order valence-corrected chi connectivity index (χ0v) is 10.4. The lowest BCUT2D eigenvalue weighted by Gasteiger charge is -2.09. The summed E-state index contributed by atoms with van der Waals surface area (Å²) in [6.45, 7) is 0. The molecule has 0 spiro atoms. The molecule has 2 rings (SSSR count). The number of carbonyl (C=O) groups is 1. The molecule has 2 amide bonds. The highest BCUT2D eigenvalue weighted by atomic mass is 16.5. The van der Waals surface area contributed by atoms with Crippen molar-refractivity contribution in [3.8, 4) is 11.8 Å². The SMILES string of the molecule is COc1n[nH]c(NC(=O)Nc2ccccc2OC)n1. The van der Waals surface area contributed by atoms with Crippen molar-refractivity contribution in [1.82, 2.24) is 15.2 Å². The van der Waals surface area contributed by atoms with Crippen LogP contribution in [0.5, 0.6) is 11.8 Å². The molecule has 3 N–H and O–H groups in total. The van der Waals surface area contributed by atoms with Gasteiger partial charge in [-0.2, -0.15) is 4.98 Å². The number of anilines is 2. The van der Waals surface area contributed by atoms with Gasteiger partial charge in [0.1, 0.15) is 5.75 Å². The highest BCUT2D eigenvalue weighted by Gasteiger charge is 2.09. The molecule has 0 aliphatic heterocycles. The molecule has 0 saturated carbocycles. The molecular formula is C11H13N5O3. The maximum atomic E-state index is 11.7. The van der Waals surface area contributed by atoms with Gasteiger partial charge in [-0.05, 0) is 12.1 Å². The minimum atomic E-state index is -0.469. The number of amides is 2. The quantitative estimate of drug-likeness (QED) is 0.775. The lowest BCUT2D eigenvalue weighted by atomic mass is 10.3. The van der Waals surface area contributed by atoms with Crippen LogP contribution >= 0.6 is 0 Å². The number of nitrogens with one attached hydrogen (secondary N) is 3. The van der Waals surface area contributed by atoms with Crippen molar-refractivity contribution in [3.63, 3.8) is 0 Å². The Bertz CT molecular complexity index is 569. The molecule has 1 aromatic heterocycles. The number of aromatic amines is 1. The topological polar surface area (TPSA) is 101 Å². The van der Waals surface area contributed by atoms with E-state index in [0.29, 0.717) is 11.4 Å². The van der Waals surface area contributed by atoms with Gasteiger partial charge in [-0.15, -0.1) is 5.10 Å². The Morgan fingerprint density at radius 1 is 1.21 bits per heavy atom. The second-order valence-corrected chi connectivity index (χ2v) is 3.45. The molecule has 0 bridgehead atoms. The number of urea groups is 1. The molecule has 8 nitrogen and oxygen atoms in total. The first kappa shape index (κ1) is 12.7. The summed E-state index contributed by atoms with van der Waals surface area (Å²) in [6, 6.07) is 6.74. The number of benzene rings is 1. The highest BCUT2D eigenvalue weighted by molar-refractivity contribution is 5.99. The summed E-state index contributed by atoms with van der Waals surface area (Å²) in [6.07, 6.45) is 0. The summed E-state index contributed by atoms with van der Waals surface area (Å²) in [5.41, 5.74) is 0.550. The molecule has 8 heteroatoms. The standard InChI is InChI=1S/C11H13N5O3/c1-18-8-6-4-3-5-7(8)12-10(17)13-9-14-11(19-2)16-15-9/h3-6H,1-2H3,(H3,12,13,14,15,16,17). The molecule has 1 heterocycles. The van der Waals surface area contributed by atoms with E-state index in [4.69, 9.17) is 9.47 Å². The van der Waals surface area contributed by atoms with E-state index in [1.165, 1.54) is 14.2 Å². The summed E-state index contributed by atoms with van der Waals surface area (Å²) < 4.78 is 9.91. The van der Waals surface area contributed by atoms with Gasteiger partial charge < -0.3 is 14.8 Å². The number of aromatic nitrogens is 3. The van der Waals surface area contributed by atoms with E-state index in [0.717, 1.165) is 0 Å². The van der Waals surface area contributed by atoms with Crippen LogP contribution in [0.4, 0.5) is 16.4 Å². The predicted octanol–water partition coefficient (Wildman–Crippen LogP) is 1.47. The van der Waals surface area contributed by atoms with Gasteiger partial charge >= 0.3 is 12.0 Å². The summed E-state index contributed by atoms with van der Waals surface area (Å²) >= 11 is 0. The third-order valence-corrected chi connectivity index (χ3v) is 2.23. The minimum absolute atomic E-state index is 0.146. The van der Waals surface area contributed by atoms with Gasteiger partial charge in [-0.25, -0.2) is 9.89 Å². The zero-order chi connectivity index (χ0) is 13.7. The molecule has 0 radical (unpaired) electrons. The minimum Gasteiger partial charge on any atom is -0.495 e. The van der Waals surface area contributed by atoms with Crippen molar-refractivity contribution >= 4 is 17.7 Å². The summed E-state index contributed by atoms with van der Waals surface area (Å²) in [5, 5.41) is 11.3. The van der Waals surface area contributed by atoms with Crippen LogP contribution in [0, 0.1) is 0 Å². The van der Waals surface area contributed by atoms with E-state index in [1.54, 1.807) is 18.2 Å². The van der Waals surface area contributed by atoms with Crippen molar-refractivity contribution in [3.05, 3.63) is 24.3 Å². The van der Waals surface area contributed by atoms with Gasteiger partial charge in [0.25, 0.3) is 0 Å². The number of para-hydroxylation sites is 2. The van der Waals surface area contributed by atoms with Gasteiger partial charge in [-0.1, -0.05) is 12.1 Å². The number of ether oxygens (including phenoxy) is 2. The molecule has 1 aromatic carbocycles. The molecule has 0 aliphatic carbocycles. The molecule has 100 valence electrons. The molecule has 0 fully saturated rings. The number of hydrogen-bond donors (Lipinski definition) is 3. The van der Waals surface area contributed by atoms with E-state index in [1.807, 2.05) is 6.07 Å². The molecule has 0 unspecified atom stereocenters. The van der Waals surface area contributed by atoms with Crippen LogP contribution in [-0.4, -0.2) is 35.4 Å². The normalized spacial score (nSPS) is 9.79. The lowest BCUT2D eigenvalue weighted by Crippen LogP contribution is -2.20. The number of H-pyrrole nitrogens is 1. The van der Waals surface area contributed by atoms with E-state index in [9.17, 15) is 4.79 Å². The van der Waals surface area contributed by atoms with Gasteiger partial charge in [-0.3, -0.25) is 5.32 Å². The van der Waals surface area contributed by atoms with Gasteiger partial charge in [0, 0.05) is 0 Å². The third kappa shape index (κ3) is 3.12. The van der Waals surface area contributed by atoms with Crippen LogP contribution in [-0.2, 0) is 0 Å². The predicted molar refractivity (Wildman–Crippen MR) is 68.6 cm³/mol. The first-order valence-corrected chi connectivity index (χ1v) is 5.40. The van der Waals surface area contributed by atoms with Gasteiger partial charge in [0.05, 0.1) is 19.9 Å². The molecule has 0 saturated heterocycles. The number of nitrogens with zero attached hydrogens (tertiary/aromatic N) is 2. The fraction of sp³-hybridized carbons (Fsp3) is 0.182. The van der Waals surface area contributed by atoms with E-state index >= 15 is 0 Å². The van der Waals surface area contributed by atoms with Crippen molar-refractivity contribution in [2.24, 2.45) is 0 Å². The number of rotatable bonds is 4.